The van der Waals surface area contributed by atoms with Crippen molar-refractivity contribution in [2.75, 3.05) is 5.32 Å². The lowest BCUT2D eigenvalue weighted by atomic mass is 9.84. The molecule has 0 aliphatic carbocycles. The van der Waals surface area contributed by atoms with Crippen molar-refractivity contribution in [2.45, 2.75) is 39.4 Å². The van der Waals surface area contributed by atoms with E-state index >= 15 is 0 Å². The predicted octanol–water partition coefficient (Wildman–Crippen LogP) is 5.97. The van der Waals surface area contributed by atoms with E-state index < -0.39 is 64.6 Å². The van der Waals surface area contributed by atoms with Crippen molar-refractivity contribution in [1.29, 1.82) is 0 Å². The largest absolute Gasteiger partial charge is 0.481 e. The molecule has 2 aromatic heterocycles. The molecule has 0 bridgehead atoms. The molecule has 2 heterocycles. The summed E-state index contributed by atoms with van der Waals surface area (Å²) in [6.07, 6.45) is -4.46. The van der Waals surface area contributed by atoms with E-state index in [9.17, 15) is 31.1 Å². The number of pyridine rings is 1. The number of anilines is 1. The second-order valence-electron chi connectivity index (χ2n) is 8.39. The highest BCUT2D eigenvalue weighted by Crippen LogP contribution is 2.41. The summed E-state index contributed by atoms with van der Waals surface area (Å²) in [4.78, 5) is 17.4. The number of nitrogens with one attached hydrogen (secondary N) is 2. The smallest absolute Gasteiger partial charge is 0.418 e. The fraction of sp³-hybridized carbons (Fsp3) is 0.333. The van der Waals surface area contributed by atoms with Crippen LogP contribution in [-0.2, 0) is 11.0 Å². The Morgan fingerprint density at radius 3 is 2.34 bits per heavy atom. The Kier molecular flexibility index (Phi) is 5.88. The minimum atomic E-state index is -5.03. The van der Waals surface area contributed by atoms with Gasteiger partial charge >= 0.3 is 12.1 Å². The zero-order valence-electron chi connectivity index (χ0n) is 17.2. The van der Waals surface area contributed by atoms with Crippen molar-refractivity contribution >= 4 is 22.7 Å². The van der Waals surface area contributed by atoms with Crippen molar-refractivity contribution in [1.82, 2.24) is 9.97 Å². The van der Waals surface area contributed by atoms with Gasteiger partial charge in [0.05, 0.1) is 23.2 Å². The molecule has 3 rings (SSSR count). The molecular weight excluding hydrogens is 440 g/mol. The SMILES string of the molecule is CC(C)(C)[C@H](CC(=O)O)Nc1nc(-c2c[nH]c3c(F)cc(F)cc23)c(C(F)(F)F)cc1F. The first kappa shape index (κ1) is 23.4. The molecule has 3 aromatic rings. The lowest BCUT2D eigenvalue weighted by Crippen LogP contribution is -2.36. The first-order valence-corrected chi connectivity index (χ1v) is 9.41. The number of halogens is 6. The van der Waals surface area contributed by atoms with Gasteiger partial charge in [-0.3, -0.25) is 4.79 Å². The standard InChI is InChI=1S/C21H19F6N3O2/c1-20(2,3)15(7-16(31)32)29-19-14(24)6-12(21(25,26)27)17(30-19)11-8-28-18-10(11)4-9(22)5-13(18)23/h4-6,8,15,28H,7H2,1-3H3,(H,29,30)(H,31,32)/t15-/m0/s1. The summed E-state index contributed by atoms with van der Waals surface area (Å²) in [5.74, 6) is -5.19. The molecular formula is C21H19F6N3O2. The fourth-order valence-electron chi connectivity index (χ4n) is 3.28. The highest BCUT2D eigenvalue weighted by atomic mass is 19.4. The number of aromatic nitrogens is 2. The molecule has 0 saturated carbocycles. The highest BCUT2D eigenvalue weighted by molar-refractivity contribution is 5.96. The summed E-state index contributed by atoms with van der Waals surface area (Å²) in [5.41, 5.74) is -3.46. The number of carbonyl (C=O) groups is 1. The summed E-state index contributed by atoms with van der Waals surface area (Å²) < 4.78 is 83.4. The number of alkyl halides is 3. The van der Waals surface area contributed by atoms with Gasteiger partial charge in [0.2, 0.25) is 0 Å². The number of nitrogens with zero attached hydrogens (tertiary/aromatic N) is 1. The van der Waals surface area contributed by atoms with Gasteiger partial charge in [0.25, 0.3) is 0 Å². The zero-order chi connectivity index (χ0) is 24.0. The van der Waals surface area contributed by atoms with Crippen molar-refractivity contribution in [3.63, 3.8) is 0 Å². The molecule has 0 aliphatic heterocycles. The molecule has 32 heavy (non-hydrogen) atoms. The van der Waals surface area contributed by atoms with Gasteiger partial charge in [-0.1, -0.05) is 20.8 Å². The van der Waals surface area contributed by atoms with Crippen LogP contribution in [0.15, 0.2) is 24.4 Å². The molecule has 0 unspecified atom stereocenters. The number of aromatic amines is 1. The maximum atomic E-state index is 14.6. The number of carboxylic acid groups (broad SMARTS) is 1. The van der Waals surface area contributed by atoms with E-state index in [0.717, 1.165) is 12.3 Å². The van der Waals surface area contributed by atoms with Crippen LogP contribution in [0, 0.1) is 22.9 Å². The molecule has 0 fully saturated rings. The predicted molar refractivity (Wildman–Crippen MR) is 106 cm³/mol. The fourth-order valence-corrected chi connectivity index (χ4v) is 3.28. The average Bonchev–Trinajstić information content (AvgIpc) is 3.04. The molecule has 11 heteroatoms. The molecule has 0 aliphatic rings. The quantitative estimate of drug-likeness (QED) is 0.411. The first-order chi connectivity index (χ1) is 14.7. The van der Waals surface area contributed by atoms with Crippen LogP contribution in [0.4, 0.5) is 32.2 Å². The Morgan fingerprint density at radius 1 is 1.12 bits per heavy atom. The van der Waals surface area contributed by atoms with E-state index in [0.29, 0.717) is 6.07 Å². The topological polar surface area (TPSA) is 78.0 Å². The van der Waals surface area contributed by atoms with E-state index in [4.69, 9.17) is 5.11 Å². The van der Waals surface area contributed by atoms with Crippen LogP contribution < -0.4 is 5.32 Å². The number of fused-ring (bicyclic) bond motifs is 1. The second kappa shape index (κ2) is 8.03. The highest BCUT2D eigenvalue weighted by Gasteiger charge is 2.37. The minimum absolute atomic E-state index is 0.212. The van der Waals surface area contributed by atoms with Crippen molar-refractivity contribution in [2.24, 2.45) is 5.41 Å². The normalized spacial score (nSPS) is 13.4. The van der Waals surface area contributed by atoms with Gasteiger partial charge in [-0.15, -0.1) is 0 Å². The molecule has 5 nitrogen and oxygen atoms in total. The zero-order valence-corrected chi connectivity index (χ0v) is 17.2. The van der Waals surface area contributed by atoms with Crippen molar-refractivity contribution in [3.05, 3.63) is 47.4 Å². The van der Waals surface area contributed by atoms with E-state index in [1.165, 1.54) is 0 Å². The summed E-state index contributed by atoms with van der Waals surface area (Å²) in [5, 5.41) is 11.5. The molecule has 1 atom stereocenters. The van der Waals surface area contributed by atoms with E-state index in [1.807, 2.05) is 0 Å². The van der Waals surface area contributed by atoms with Gasteiger partial charge in [-0.25, -0.2) is 18.2 Å². The average molecular weight is 459 g/mol. The monoisotopic (exact) mass is 459 g/mol. The van der Waals surface area contributed by atoms with Crippen LogP contribution in [0.25, 0.3) is 22.2 Å². The molecule has 0 saturated heterocycles. The van der Waals surface area contributed by atoms with E-state index in [1.54, 1.807) is 20.8 Å². The number of benzene rings is 1. The van der Waals surface area contributed by atoms with Gasteiger partial charge in [-0.2, -0.15) is 13.2 Å². The maximum absolute atomic E-state index is 14.6. The van der Waals surface area contributed by atoms with E-state index in [-0.39, 0.29) is 22.5 Å². The lowest BCUT2D eigenvalue weighted by Gasteiger charge is -2.31. The van der Waals surface area contributed by atoms with E-state index in [2.05, 4.69) is 15.3 Å². The van der Waals surface area contributed by atoms with Crippen LogP contribution >= 0.6 is 0 Å². The Labute approximate surface area is 178 Å². The lowest BCUT2D eigenvalue weighted by molar-refractivity contribution is -0.138. The van der Waals surface area contributed by atoms with Crippen LogP contribution in [0.1, 0.15) is 32.8 Å². The van der Waals surface area contributed by atoms with Crippen molar-refractivity contribution < 1.29 is 36.2 Å². The number of aliphatic carboxylic acids is 1. The molecule has 1 aromatic carbocycles. The number of rotatable bonds is 5. The Hall–Kier alpha value is -3.24. The van der Waals surface area contributed by atoms with Crippen LogP contribution in [0.2, 0.25) is 0 Å². The Morgan fingerprint density at radius 2 is 1.78 bits per heavy atom. The Bertz CT molecular complexity index is 1180. The molecule has 0 amide bonds. The second-order valence-corrected chi connectivity index (χ2v) is 8.39. The maximum Gasteiger partial charge on any atom is 0.418 e. The van der Waals surface area contributed by atoms with Gasteiger partial charge in [0.1, 0.15) is 11.6 Å². The van der Waals surface area contributed by atoms with Gasteiger partial charge in [0.15, 0.2) is 11.6 Å². The third-order valence-electron chi connectivity index (χ3n) is 4.98. The number of H-pyrrole nitrogens is 1. The summed E-state index contributed by atoms with van der Waals surface area (Å²) >= 11 is 0. The number of hydrogen-bond donors (Lipinski definition) is 3. The van der Waals surface area contributed by atoms with Gasteiger partial charge in [-0.05, 0) is 17.5 Å². The third-order valence-corrected chi connectivity index (χ3v) is 4.98. The van der Waals surface area contributed by atoms with Crippen molar-refractivity contribution in [3.8, 4) is 11.3 Å². The summed E-state index contributed by atoms with van der Waals surface area (Å²) in [7, 11) is 0. The summed E-state index contributed by atoms with van der Waals surface area (Å²) in [6.45, 7) is 5.01. The minimum Gasteiger partial charge on any atom is -0.481 e. The summed E-state index contributed by atoms with van der Waals surface area (Å²) in [6, 6.07) is 0.743. The molecule has 3 N–H and O–H groups in total. The number of hydrogen-bond acceptors (Lipinski definition) is 3. The molecule has 0 spiro atoms. The van der Waals surface area contributed by atoms with Crippen LogP contribution in [0.5, 0.6) is 0 Å². The Balaban J connectivity index is 2.23. The van der Waals surface area contributed by atoms with Gasteiger partial charge < -0.3 is 15.4 Å². The molecule has 0 radical (unpaired) electrons. The van der Waals surface area contributed by atoms with Gasteiger partial charge in [0, 0.05) is 29.3 Å². The molecule has 172 valence electrons. The number of carboxylic acids is 1. The van der Waals surface area contributed by atoms with Crippen LogP contribution in [0.3, 0.4) is 0 Å². The van der Waals surface area contributed by atoms with Crippen LogP contribution in [-0.4, -0.2) is 27.1 Å². The first-order valence-electron chi connectivity index (χ1n) is 9.41. The third kappa shape index (κ3) is 4.66.